The summed E-state index contributed by atoms with van der Waals surface area (Å²) in [5.41, 5.74) is 3.12. The quantitative estimate of drug-likeness (QED) is 0.846. The van der Waals surface area contributed by atoms with E-state index in [1.165, 1.54) is 0 Å². The van der Waals surface area contributed by atoms with E-state index in [-0.39, 0.29) is 19.1 Å². The van der Waals surface area contributed by atoms with E-state index in [1.807, 2.05) is 38.1 Å². The number of nitrogens with one attached hydrogen (secondary N) is 2. The van der Waals surface area contributed by atoms with Crippen LogP contribution in [-0.2, 0) is 9.59 Å². The Hall–Kier alpha value is -3.33. The van der Waals surface area contributed by atoms with Crippen LogP contribution in [0.25, 0.3) is 0 Å². The number of hydrogen-bond donors (Lipinski definition) is 2. The second-order valence-electron chi connectivity index (χ2n) is 5.52. The Labute approximate surface area is 146 Å². The molecule has 0 aliphatic rings. The van der Waals surface area contributed by atoms with Crippen LogP contribution < -0.4 is 15.4 Å². The maximum atomic E-state index is 12.0. The summed E-state index contributed by atoms with van der Waals surface area (Å²) < 4.78 is 5.30. The molecule has 0 bridgehead atoms. The summed E-state index contributed by atoms with van der Waals surface area (Å²) in [6.07, 6.45) is 0. The number of ether oxygens (including phenoxy) is 1. The number of para-hydroxylation sites is 1. The van der Waals surface area contributed by atoms with Gasteiger partial charge in [-0.1, -0.05) is 24.3 Å². The number of rotatable bonds is 6. The highest BCUT2D eigenvalue weighted by atomic mass is 16.5. The van der Waals surface area contributed by atoms with Gasteiger partial charge in [0.15, 0.2) is 6.61 Å². The minimum absolute atomic E-state index is 0.145. The highest BCUT2D eigenvalue weighted by Gasteiger charge is 2.09. The van der Waals surface area contributed by atoms with Crippen molar-refractivity contribution < 1.29 is 14.3 Å². The fraction of sp³-hybridized carbons (Fsp3) is 0.211. The van der Waals surface area contributed by atoms with Gasteiger partial charge in [-0.05, 0) is 43.2 Å². The summed E-state index contributed by atoms with van der Waals surface area (Å²) in [5, 5.41) is 14.1. The molecular weight excluding hydrogens is 318 g/mol. The standard InChI is InChI=1S/C19H19N3O3/c1-13-5-3-6-14(2)19(13)22-17(23)11-21-18(24)12-25-16-8-4-7-15(9-16)10-20/h3-9H,11-12H2,1-2H3,(H,21,24)(H,22,23). The van der Waals surface area contributed by atoms with Crippen molar-refractivity contribution in [1.29, 1.82) is 5.26 Å². The average Bonchev–Trinajstić information content (AvgIpc) is 2.61. The van der Waals surface area contributed by atoms with Crippen molar-refractivity contribution in [2.45, 2.75) is 13.8 Å². The van der Waals surface area contributed by atoms with Gasteiger partial charge in [0.05, 0.1) is 18.2 Å². The summed E-state index contributed by atoms with van der Waals surface area (Å²) in [6.45, 7) is 3.44. The third-order valence-electron chi connectivity index (χ3n) is 3.52. The van der Waals surface area contributed by atoms with Crippen LogP contribution in [0.4, 0.5) is 5.69 Å². The summed E-state index contributed by atoms with van der Waals surface area (Å²) in [6, 6.07) is 14.2. The van der Waals surface area contributed by atoms with Gasteiger partial charge in [-0.3, -0.25) is 9.59 Å². The van der Waals surface area contributed by atoms with Gasteiger partial charge in [-0.15, -0.1) is 0 Å². The lowest BCUT2D eigenvalue weighted by atomic mass is 10.1. The lowest BCUT2D eigenvalue weighted by molar-refractivity contribution is -0.125. The van der Waals surface area contributed by atoms with Gasteiger partial charge in [0, 0.05) is 5.69 Å². The molecule has 0 unspecified atom stereocenters. The lowest BCUT2D eigenvalue weighted by Gasteiger charge is -2.12. The van der Waals surface area contributed by atoms with E-state index in [2.05, 4.69) is 10.6 Å². The van der Waals surface area contributed by atoms with Crippen molar-refractivity contribution >= 4 is 17.5 Å². The molecule has 0 fully saturated rings. The summed E-state index contributed by atoms with van der Waals surface area (Å²) in [5.74, 6) is -0.301. The van der Waals surface area contributed by atoms with Gasteiger partial charge >= 0.3 is 0 Å². The molecule has 0 radical (unpaired) electrons. The molecule has 6 heteroatoms. The smallest absolute Gasteiger partial charge is 0.258 e. The van der Waals surface area contributed by atoms with Gasteiger partial charge in [-0.25, -0.2) is 0 Å². The number of carbonyl (C=O) groups is 2. The summed E-state index contributed by atoms with van der Waals surface area (Å²) in [4.78, 5) is 23.8. The molecule has 0 aromatic heterocycles. The molecule has 2 aromatic rings. The Morgan fingerprint density at radius 3 is 2.44 bits per heavy atom. The predicted molar refractivity (Wildman–Crippen MR) is 94.2 cm³/mol. The largest absolute Gasteiger partial charge is 0.484 e. The van der Waals surface area contributed by atoms with Crippen LogP contribution in [0.5, 0.6) is 5.75 Å². The maximum Gasteiger partial charge on any atom is 0.258 e. The molecule has 0 aliphatic heterocycles. The lowest BCUT2D eigenvalue weighted by Crippen LogP contribution is -2.36. The number of aryl methyl sites for hydroxylation is 2. The van der Waals surface area contributed by atoms with E-state index in [9.17, 15) is 9.59 Å². The zero-order chi connectivity index (χ0) is 18.2. The number of anilines is 1. The molecule has 0 aliphatic carbocycles. The predicted octanol–water partition coefficient (Wildman–Crippen LogP) is 2.31. The Morgan fingerprint density at radius 2 is 1.76 bits per heavy atom. The molecule has 128 valence electrons. The number of nitriles is 1. The van der Waals surface area contributed by atoms with E-state index < -0.39 is 5.91 Å². The second kappa shape index (κ2) is 8.50. The van der Waals surface area contributed by atoms with E-state index in [1.54, 1.807) is 24.3 Å². The summed E-state index contributed by atoms with van der Waals surface area (Å²) >= 11 is 0. The maximum absolute atomic E-state index is 12.0. The van der Waals surface area contributed by atoms with Gasteiger partial charge in [0.1, 0.15) is 5.75 Å². The van der Waals surface area contributed by atoms with Crippen molar-refractivity contribution in [1.82, 2.24) is 5.32 Å². The molecule has 2 amide bonds. The molecule has 2 rings (SSSR count). The Balaban J connectivity index is 1.79. The molecule has 0 saturated carbocycles. The van der Waals surface area contributed by atoms with Crippen molar-refractivity contribution in [2.75, 3.05) is 18.5 Å². The molecule has 0 saturated heterocycles. The molecule has 25 heavy (non-hydrogen) atoms. The number of hydrogen-bond acceptors (Lipinski definition) is 4. The normalized spacial score (nSPS) is 9.80. The minimum Gasteiger partial charge on any atom is -0.484 e. The van der Waals surface area contributed by atoms with Gasteiger partial charge < -0.3 is 15.4 Å². The molecule has 2 N–H and O–H groups in total. The Bertz CT molecular complexity index is 805. The number of benzene rings is 2. The molecule has 0 spiro atoms. The van der Waals surface area contributed by atoms with Crippen molar-refractivity contribution in [3.63, 3.8) is 0 Å². The van der Waals surface area contributed by atoms with E-state index in [0.717, 1.165) is 16.8 Å². The van der Waals surface area contributed by atoms with E-state index in [0.29, 0.717) is 11.3 Å². The van der Waals surface area contributed by atoms with Crippen LogP contribution in [0, 0.1) is 25.2 Å². The Kier molecular flexibility index (Phi) is 6.13. The van der Waals surface area contributed by atoms with Gasteiger partial charge in [-0.2, -0.15) is 5.26 Å². The first kappa shape index (κ1) is 18.0. The molecular formula is C19H19N3O3. The zero-order valence-electron chi connectivity index (χ0n) is 14.1. The Morgan fingerprint density at radius 1 is 1.08 bits per heavy atom. The van der Waals surface area contributed by atoms with Crippen LogP contribution in [0.1, 0.15) is 16.7 Å². The van der Waals surface area contributed by atoms with E-state index >= 15 is 0 Å². The fourth-order valence-corrected chi connectivity index (χ4v) is 2.23. The van der Waals surface area contributed by atoms with Gasteiger partial charge in [0.25, 0.3) is 5.91 Å². The van der Waals surface area contributed by atoms with Crippen molar-refractivity contribution in [2.24, 2.45) is 0 Å². The van der Waals surface area contributed by atoms with E-state index in [4.69, 9.17) is 10.00 Å². The number of amides is 2. The minimum atomic E-state index is -0.418. The molecule has 0 atom stereocenters. The second-order valence-corrected chi connectivity index (χ2v) is 5.52. The van der Waals surface area contributed by atoms with Crippen LogP contribution >= 0.6 is 0 Å². The highest BCUT2D eigenvalue weighted by Crippen LogP contribution is 2.19. The SMILES string of the molecule is Cc1cccc(C)c1NC(=O)CNC(=O)COc1cccc(C#N)c1. The summed E-state index contributed by atoms with van der Waals surface area (Å²) in [7, 11) is 0. The highest BCUT2D eigenvalue weighted by molar-refractivity contribution is 5.95. The molecule has 0 heterocycles. The third-order valence-corrected chi connectivity index (χ3v) is 3.52. The fourth-order valence-electron chi connectivity index (χ4n) is 2.23. The monoisotopic (exact) mass is 337 g/mol. The molecule has 2 aromatic carbocycles. The molecule has 6 nitrogen and oxygen atoms in total. The first-order chi connectivity index (χ1) is 12.0. The van der Waals surface area contributed by atoms with Crippen molar-refractivity contribution in [3.8, 4) is 11.8 Å². The van der Waals surface area contributed by atoms with Crippen LogP contribution in [0.2, 0.25) is 0 Å². The van der Waals surface area contributed by atoms with Crippen molar-refractivity contribution in [3.05, 3.63) is 59.2 Å². The average molecular weight is 337 g/mol. The number of nitrogens with zero attached hydrogens (tertiary/aromatic N) is 1. The topological polar surface area (TPSA) is 91.2 Å². The van der Waals surface area contributed by atoms with Crippen LogP contribution in [0.3, 0.4) is 0 Å². The number of carbonyl (C=O) groups excluding carboxylic acids is 2. The zero-order valence-corrected chi connectivity index (χ0v) is 14.1. The van der Waals surface area contributed by atoms with Crippen LogP contribution in [-0.4, -0.2) is 25.0 Å². The first-order valence-electron chi connectivity index (χ1n) is 7.75. The third kappa shape index (κ3) is 5.36. The van der Waals surface area contributed by atoms with Crippen LogP contribution in [0.15, 0.2) is 42.5 Å². The first-order valence-corrected chi connectivity index (χ1v) is 7.75. The van der Waals surface area contributed by atoms with Gasteiger partial charge in [0.2, 0.25) is 5.91 Å².